The Bertz CT molecular complexity index is 529. The highest BCUT2D eigenvalue weighted by molar-refractivity contribution is 6.30. The van der Waals surface area contributed by atoms with E-state index in [1.807, 2.05) is 32.9 Å². The molecule has 0 radical (unpaired) electrons. The van der Waals surface area contributed by atoms with Gasteiger partial charge in [0.1, 0.15) is 12.4 Å². The number of aliphatic hydroxyl groups is 1. The lowest BCUT2D eigenvalue weighted by Crippen LogP contribution is -2.40. The van der Waals surface area contributed by atoms with Crippen LogP contribution in [0.2, 0.25) is 5.02 Å². The van der Waals surface area contributed by atoms with Gasteiger partial charge in [0.2, 0.25) is 0 Å². The molecular weight excluding hydrogens is 286 g/mol. The minimum absolute atomic E-state index is 0.363. The highest BCUT2D eigenvalue weighted by Crippen LogP contribution is 2.27. The Hall–Kier alpha value is -1.62. The first-order valence-corrected chi connectivity index (χ1v) is 6.97. The topological polar surface area (TPSA) is 61.8 Å². The van der Waals surface area contributed by atoms with E-state index in [2.05, 4.69) is 11.6 Å². The second-order valence-corrected chi connectivity index (χ2v) is 6.18. The molecule has 21 heavy (non-hydrogen) atoms. The van der Waals surface area contributed by atoms with Crippen LogP contribution in [-0.2, 0) is 0 Å². The number of nitrogens with two attached hydrogens (primary N) is 1. The molecular formula is C16H22ClN3O. The third-order valence-corrected chi connectivity index (χ3v) is 3.13. The fraction of sp³-hybridized carbons (Fsp3) is 0.312. The Morgan fingerprint density at radius 2 is 1.95 bits per heavy atom. The van der Waals surface area contributed by atoms with Gasteiger partial charge in [-0.25, -0.2) is 10.8 Å². The van der Waals surface area contributed by atoms with Crippen LogP contribution in [-0.4, -0.2) is 22.6 Å². The van der Waals surface area contributed by atoms with E-state index in [0.717, 1.165) is 5.56 Å². The lowest BCUT2D eigenvalue weighted by molar-refractivity contribution is 0.0786. The molecule has 0 aliphatic rings. The molecule has 4 nitrogen and oxygen atoms in total. The lowest BCUT2D eigenvalue weighted by atomic mass is 9.86. The minimum Gasteiger partial charge on any atom is -0.386 e. The van der Waals surface area contributed by atoms with E-state index in [4.69, 9.17) is 17.4 Å². The summed E-state index contributed by atoms with van der Waals surface area (Å²) in [6, 6.07) is 7.28. The van der Waals surface area contributed by atoms with Crippen LogP contribution in [0.4, 0.5) is 0 Å². The number of hydrogen-bond acceptors (Lipinski definition) is 3. The summed E-state index contributed by atoms with van der Waals surface area (Å²) < 4.78 is 0. The Balaban J connectivity index is 3.20. The van der Waals surface area contributed by atoms with Gasteiger partial charge in [-0.1, -0.05) is 51.1 Å². The summed E-state index contributed by atoms with van der Waals surface area (Å²) in [5, 5.41) is 12.5. The second-order valence-electron chi connectivity index (χ2n) is 5.74. The molecule has 114 valence electrons. The van der Waals surface area contributed by atoms with Crippen LogP contribution < -0.4 is 5.84 Å². The predicted molar refractivity (Wildman–Crippen MR) is 89.6 cm³/mol. The van der Waals surface area contributed by atoms with Crippen molar-refractivity contribution in [2.24, 2.45) is 16.3 Å². The first-order valence-electron chi connectivity index (χ1n) is 6.59. The summed E-state index contributed by atoms with van der Waals surface area (Å²) in [6.07, 6.45) is 3.84. The van der Waals surface area contributed by atoms with E-state index in [1.165, 1.54) is 17.5 Å². The highest BCUT2D eigenvalue weighted by atomic mass is 35.5. The zero-order valence-corrected chi connectivity index (χ0v) is 13.4. The molecule has 1 aromatic carbocycles. The lowest BCUT2D eigenvalue weighted by Gasteiger charge is -2.31. The maximum Gasteiger partial charge on any atom is 0.109 e. The van der Waals surface area contributed by atoms with Gasteiger partial charge in [0, 0.05) is 11.2 Å². The van der Waals surface area contributed by atoms with E-state index >= 15 is 0 Å². The number of nitrogens with zero attached hydrogens (tertiary/aromatic N) is 2. The van der Waals surface area contributed by atoms with Crippen LogP contribution in [0.3, 0.4) is 0 Å². The zero-order valence-electron chi connectivity index (χ0n) is 12.6. The van der Waals surface area contributed by atoms with E-state index in [0.29, 0.717) is 10.7 Å². The average Bonchev–Trinajstić information content (AvgIpc) is 2.42. The van der Waals surface area contributed by atoms with Crippen molar-refractivity contribution >= 4 is 24.0 Å². The molecule has 0 aliphatic carbocycles. The second kappa shape index (κ2) is 7.41. The van der Waals surface area contributed by atoms with Gasteiger partial charge in [-0.3, -0.25) is 5.01 Å². The molecule has 3 N–H and O–H groups in total. The predicted octanol–water partition coefficient (Wildman–Crippen LogP) is 3.44. The summed E-state index contributed by atoms with van der Waals surface area (Å²) in [4.78, 5) is 3.88. The number of aliphatic hydroxyl groups excluding tert-OH is 1. The van der Waals surface area contributed by atoms with Crippen LogP contribution in [0.1, 0.15) is 26.3 Å². The van der Waals surface area contributed by atoms with Gasteiger partial charge >= 0.3 is 0 Å². The van der Waals surface area contributed by atoms with Crippen molar-refractivity contribution in [1.29, 1.82) is 0 Å². The van der Waals surface area contributed by atoms with Crippen LogP contribution in [0.15, 0.2) is 47.7 Å². The molecule has 0 saturated carbocycles. The van der Waals surface area contributed by atoms with E-state index in [9.17, 15) is 5.11 Å². The van der Waals surface area contributed by atoms with Crippen molar-refractivity contribution in [2.45, 2.75) is 26.9 Å². The Morgan fingerprint density at radius 1 is 1.38 bits per heavy atom. The normalized spacial score (nSPS) is 14.3. The largest absolute Gasteiger partial charge is 0.386 e. The third-order valence-electron chi connectivity index (χ3n) is 2.88. The SMILES string of the molecule is C=C/N=C\N(N)C(=Cc1ccc(Cl)cc1)[C@@H](O)C(C)(C)C. The quantitative estimate of drug-likeness (QED) is 0.379. The molecule has 0 aliphatic heterocycles. The molecule has 0 spiro atoms. The number of hydrogen-bond donors (Lipinski definition) is 2. The fourth-order valence-corrected chi connectivity index (χ4v) is 1.78. The van der Waals surface area contributed by atoms with Crippen molar-refractivity contribution < 1.29 is 5.11 Å². The molecule has 0 saturated heterocycles. The smallest absolute Gasteiger partial charge is 0.109 e. The van der Waals surface area contributed by atoms with E-state index in [1.54, 1.807) is 18.2 Å². The van der Waals surface area contributed by atoms with Crippen molar-refractivity contribution in [3.63, 3.8) is 0 Å². The van der Waals surface area contributed by atoms with Gasteiger partial charge in [-0.05, 0) is 29.2 Å². The summed E-state index contributed by atoms with van der Waals surface area (Å²) in [6.45, 7) is 9.31. The van der Waals surface area contributed by atoms with E-state index in [-0.39, 0.29) is 5.41 Å². The molecule has 0 unspecified atom stereocenters. The number of halogens is 1. The molecule has 5 heteroatoms. The summed E-state index contributed by atoms with van der Waals surface area (Å²) in [5.74, 6) is 5.96. The fourth-order valence-electron chi connectivity index (χ4n) is 1.65. The molecule has 0 aromatic heterocycles. The van der Waals surface area contributed by atoms with Gasteiger partial charge in [0.05, 0.1) is 5.70 Å². The Kier molecular flexibility index (Phi) is 6.15. The van der Waals surface area contributed by atoms with Gasteiger partial charge in [-0.2, -0.15) is 0 Å². The molecule has 0 bridgehead atoms. The average molecular weight is 308 g/mol. The van der Waals surface area contributed by atoms with Crippen LogP contribution in [0.5, 0.6) is 0 Å². The molecule has 1 aromatic rings. The number of aliphatic imine (C=N–C) groups is 1. The molecule has 0 amide bonds. The van der Waals surface area contributed by atoms with E-state index < -0.39 is 6.10 Å². The van der Waals surface area contributed by atoms with Crippen LogP contribution in [0, 0.1) is 5.41 Å². The number of rotatable bonds is 5. The molecule has 0 fully saturated rings. The van der Waals surface area contributed by atoms with Gasteiger partial charge in [0.25, 0.3) is 0 Å². The summed E-state index contributed by atoms with van der Waals surface area (Å²) in [7, 11) is 0. The Labute approximate surface area is 131 Å². The summed E-state index contributed by atoms with van der Waals surface area (Å²) in [5.41, 5.74) is 1.06. The van der Waals surface area contributed by atoms with Crippen LogP contribution >= 0.6 is 11.6 Å². The van der Waals surface area contributed by atoms with Gasteiger partial charge < -0.3 is 5.11 Å². The number of benzene rings is 1. The Morgan fingerprint density at radius 3 is 2.43 bits per heavy atom. The minimum atomic E-state index is -0.755. The zero-order chi connectivity index (χ0) is 16.0. The number of hydrazine groups is 1. The maximum absolute atomic E-state index is 10.5. The van der Waals surface area contributed by atoms with Crippen LogP contribution in [0.25, 0.3) is 6.08 Å². The standard InChI is InChI=1S/C16H22ClN3O/c1-5-19-11-20(18)14(15(21)16(2,3)4)10-12-6-8-13(17)9-7-12/h5-11,15,21H,1,18H2,2-4H3/b14-10?,19-11-/t15-/m1/s1. The molecule has 1 rings (SSSR count). The van der Waals surface area contributed by atoms with Gasteiger partial charge in [0.15, 0.2) is 0 Å². The summed E-state index contributed by atoms with van der Waals surface area (Å²) >= 11 is 5.88. The first-order chi connectivity index (χ1) is 9.75. The third kappa shape index (κ3) is 5.34. The van der Waals surface area contributed by atoms with Crippen molar-refractivity contribution in [2.75, 3.05) is 0 Å². The van der Waals surface area contributed by atoms with Gasteiger partial charge in [-0.15, -0.1) is 0 Å². The first kappa shape index (κ1) is 17.4. The van der Waals surface area contributed by atoms with Crippen molar-refractivity contribution in [3.05, 3.63) is 53.3 Å². The molecule has 0 heterocycles. The highest BCUT2D eigenvalue weighted by Gasteiger charge is 2.28. The van der Waals surface area contributed by atoms with Crippen molar-refractivity contribution in [1.82, 2.24) is 5.01 Å². The monoisotopic (exact) mass is 307 g/mol. The molecule has 1 atom stereocenters. The maximum atomic E-state index is 10.5. The van der Waals surface area contributed by atoms with Crippen molar-refractivity contribution in [3.8, 4) is 0 Å².